The molecule has 1 aromatic heterocycles. The summed E-state index contributed by atoms with van der Waals surface area (Å²) in [6.07, 6.45) is 5.06. The second-order valence-corrected chi connectivity index (χ2v) is 12.6. The molecule has 2 aromatic rings. The average molecular weight is 578 g/mol. The van der Waals surface area contributed by atoms with Gasteiger partial charge in [0.05, 0.1) is 29.1 Å². The summed E-state index contributed by atoms with van der Waals surface area (Å²) in [4.78, 5) is 21.8. The predicted molar refractivity (Wildman–Crippen MR) is 143 cm³/mol. The van der Waals surface area contributed by atoms with E-state index in [1.54, 1.807) is 18.2 Å². The maximum Gasteiger partial charge on any atom is 0.257 e. The van der Waals surface area contributed by atoms with Crippen LogP contribution in [0.25, 0.3) is 5.57 Å². The van der Waals surface area contributed by atoms with Gasteiger partial charge in [0.2, 0.25) is 5.88 Å². The van der Waals surface area contributed by atoms with Crippen LogP contribution in [0.3, 0.4) is 0 Å². The summed E-state index contributed by atoms with van der Waals surface area (Å²) in [6, 6.07) is 6.01. The molecule has 1 amide bonds. The second kappa shape index (κ2) is 12.7. The number of carbonyl (C=O) groups is 1. The number of hydrogen-bond acceptors (Lipinski definition) is 8. The Labute approximate surface area is 232 Å². The molecule has 5 rings (SSSR count). The number of amides is 1. The first-order valence-electron chi connectivity index (χ1n) is 13.6. The minimum Gasteiger partial charge on any atom is -0.474 e. The first-order chi connectivity index (χ1) is 19.3. The summed E-state index contributed by atoms with van der Waals surface area (Å²) in [5.74, 6) is -0.632. The zero-order chi connectivity index (χ0) is 28.1. The van der Waals surface area contributed by atoms with Crippen LogP contribution in [0, 0.1) is 5.92 Å². The molecule has 0 radical (unpaired) electrons. The number of nitrogens with zero attached hydrogens (tertiary/aromatic N) is 2. The van der Waals surface area contributed by atoms with Crippen molar-refractivity contribution in [2.75, 3.05) is 25.1 Å². The molecule has 2 aliphatic carbocycles. The van der Waals surface area contributed by atoms with Gasteiger partial charge < -0.3 is 19.5 Å². The number of aromatic nitrogens is 2. The van der Waals surface area contributed by atoms with Gasteiger partial charge in [-0.15, -0.1) is 0 Å². The summed E-state index contributed by atoms with van der Waals surface area (Å²) in [5.41, 5.74) is 0.602. The fraction of sp³-hybridized carbons (Fsp3) is 0.536. The first kappa shape index (κ1) is 28.6. The van der Waals surface area contributed by atoms with Gasteiger partial charge in [0.15, 0.2) is 21.9 Å². The number of rotatable bonds is 11. The van der Waals surface area contributed by atoms with Crippen molar-refractivity contribution >= 4 is 27.1 Å². The highest BCUT2D eigenvalue weighted by atomic mass is 32.2. The molecule has 40 heavy (non-hydrogen) atoms. The molecule has 3 aliphatic rings. The highest BCUT2D eigenvalue weighted by Crippen LogP contribution is 2.36. The number of allylic oxidation sites excluding steroid dienone is 1. The summed E-state index contributed by atoms with van der Waals surface area (Å²) in [6.45, 7) is 1.29. The van der Waals surface area contributed by atoms with Gasteiger partial charge in [-0.2, -0.15) is 0 Å². The first-order valence-corrected chi connectivity index (χ1v) is 15.2. The van der Waals surface area contributed by atoms with Gasteiger partial charge in [0, 0.05) is 12.2 Å². The van der Waals surface area contributed by atoms with Crippen LogP contribution in [0.4, 0.5) is 14.6 Å². The van der Waals surface area contributed by atoms with E-state index >= 15 is 0 Å². The number of sulfone groups is 1. The number of carbonyl (C=O) groups excluding carboxylic acids is 1. The highest BCUT2D eigenvalue weighted by Gasteiger charge is 2.37. The van der Waals surface area contributed by atoms with Crippen LogP contribution in [0.1, 0.15) is 50.5 Å². The van der Waals surface area contributed by atoms with Gasteiger partial charge in [-0.3, -0.25) is 4.79 Å². The Morgan fingerprint density at radius 2 is 1.77 bits per heavy atom. The number of benzene rings is 1. The molecule has 12 heteroatoms. The lowest BCUT2D eigenvalue weighted by molar-refractivity contribution is -0.165. The van der Waals surface area contributed by atoms with Gasteiger partial charge in [0.25, 0.3) is 5.91 Å². The van der Waals surface area contributed by atoms with Crippen LogP contribution in [0.2, 0.25) is 0 Å². The summed E-state index contributed by atoms with van der Waals surface area (Å²) in [5, 5.41) is 2.30. The topological polar surface area (TPSA) is 117 Å². The maximum absolute atomic E-state index is 13.9. The zero-order valence-electron chi connectivity index (χ0n) is 22.0. The van der Waals surface area contributed by atoms with Crippen LogP contribution >= 0.6 is 0 Å². The smallest absolute Gasteiger partial charge is 0.257 e. The van der Waals surface area contributed by atoms with Crippen molar-refractivity contribution in [1.29, 1.82) is 0 Å². The highest BCUT2D eigenvalue weighted by molar-refractivity contribution is 7.92. The van der Waals surface area contributed by atoms with Gasteiger partial charge >= 0.3 is 0 Å². The molecular weight excluding hydrogens is 544 g/mol. The summed E-state index contributed by atoms with van der Waals surface area (Å²) in [7, 11) is -3.40. The van der Waals surface area contributed by atoms with Gasteiger partial charge in [0.1, 0.15) is 19.0 Å². The lowest BCUT2D eigenvalue weighted by Gasteiger charge is -2.22. The van der Waals surface area contributed by atoms with E-state index in [-0.39, 0.29) is 53.2 Å². The standard InChI is InChI=1S/C28H33F2N3O6S/c29-23-14-18(15-24(23)30)13-22(19-4-6-20(7-5-19)40(35,36)21-8-9-21)28(34)33-25-16-32-26(17-31-25)37-11-12-39-27-3-1-2-10-38-27/h4-7,13,16-18,21,23-24,27H,1-3,8-12,14-15H2,(H,31,33,34)/b22-13+/t18-,23+,24-,27?. The molecule has 9 nitrogen and oxygen atoms in total. The molecule has 1 aromatic carbocycles. The second-order valence-electron chi connectivity index (χ2n) is 10.3. The summed E-state index contributed by atoms with van der Waals surface area (Å²) >= 11 is 0. The number of hydrogen-bond donors (Lipinski definition) is 1. The van der Waals surface area contributed by atoms with E-state index in [1.807, 2.05) is 0 Å². The monoisotopic (exact) mass is 577 g/mol. The minimum absolute atomic E-state index is 0.0332. The SMILES string of the molecule is O=C(Nc1cnc(OCCOC2CCCCO2)cn1)/C(=C/[C@H]1C[C@@H](F)[C@@H](F)C1)c1ccc(S(=O)(=O)C2CC2)cc1. The van der Waals surface area contributed by atoms with Crippen molar-refractivity contribution in [3.63, 3.8) is 0 Å². The van der Waals surface area contributed by atoms with Gasteiger partial charge in [-0.25, -0.2) is 27.2 Å². The fourth-order valence-corrected chi connectivity index (χ4v) is 6.50. The molecule has 3 fully saturated rings. The Morgan fingerprint density at radius 1 is 1.02 bits per heavy atom. The normalized spacial score (nSPS) is 25.5. The van der Waals surface area contributed by atoms with E-state index in [4.69, 9.17) is 14.2 Å². The van der Waals surface area contributed by atoms with Crippen molar-refractivity contribution in [2.24, 2.45) is 5.92 Å². The van der Waals surface area contributed by atoms with E-state index in [1.165, 1.54) is 24.5 Å². The Hall–Kier alpha value is -2.96. The van der Waals surface area contributed by atoms with Gasteiger partial charge in [-0.1, -0.05) is 18.2 Å². The van der Waals surface area contributed by atoms with Crippen LogP contribution in [-0.4, -0.2) is 68.0 Å². The van der Waals surface area contributed by atoms with Crippen LogP contribution < -0.4 is 10.1 Å². The number of anilines is 1. The van der Waals surface area contributed by atoms with E-state index in [9.17, 15) is 22.0 Å². The zero-order valence-corrected chi connectivity index (χ0v) is 22.8. The lowest BCUT2D eigenvalue weighted by atomic mass is 9.98. The molecule has 4 atom stereocenters. The number of ether oxygens (including phenoxy) is 3. The molecule has 216 valence electrons. The molecular formula is C28H33F2N3O6S. The van der Waals surface area contributed by atoms with E-state index in [0.29, 0.717) is 31.6 Å². The quantitative estimate of drug-likeness (QED) is 0.308. The van der Waals surface area contributed by atoms with Gasteiger partial charge in [-0.05, 0) is 68.6 Å². The molecule has 2 heterocycles. The molecule has 1 N–H and O–H groups in total. The molecule has 0 spiro atoms. The average Bonchev–Trinajstić information content (AvgIpc) is 3.77. The van der Waals surface area contributed by atoms with Crippen LogP contribution in [0.5, 0.6) is 5.88 Å². The molecule has 1 unspecified atom stereocenters. The maximum atomic E-state index is 13.9. The van der Waals surface area contributed by atoms with E-state index < -0.39 is 34.0 Å². The number of alkyl halides is 2. The van der Waals surface area contributed by atoms with Crippen molar-refractivity contribution in [3.05, 3.63) is 48.3 Å². The molecule has 2 saturated carbocycles. The largest absolute Gasteiger partial charge is 0.474 e. The Bertz CT molecular complexity index is 1290. The van der Waals surface area contributed by atoms with Crippen LogP contribution in [-0.2, 0) is 24.1 Å². The molecule has 0 bridgehead atoms. The van der Waals surface area contributed by atoms with Crippen molar-refractivity contribution in [2.45, 2.75) is 73.7 Å². The minimum atomic E-state index is -3.40. The third-order valence-electron chi connectivity index (χ3n) is 7.20. The van der Waals surface area contributed by atoms with Crippen molar-refractivity contribution in [1.82, 2.24) is 9.97 Å². The van der Waals surface area contributed by atoms with Crippen molar-refractivity contribution in [3.8, 4) is 5.88 Å². The van der Waals surface area contributed by atoms with E-state index in [0.717, 1.165) is 19.3 Å². The fourth-order valence-electron chi connectivity index (χ4n) is 4.85. The van der Waals surface area contributed by atoms with E-state index in [2.05, 4.69) is 15.3 Å². The number of halogens is 2. The third kappa shape index (κ3) is 7.21. The molecule has 1 saturated heterocycles. The third-order valence-corrected chi connectivity index (χ3v) is 9.48. The number of nitrogens with one attached hydrogen (secondary N) is 1. The van der Waals surface area contributed by atoms with Crippen molar-refractivity contribution < 1.29 is 36.2 Å². The molecule has 1 aliphatic heterocycles. The predicted octanol–water partition coefficient (Wildman–Crippen LogP) is 4.44. The lowest BCUT2D eigenvalue weighted by Crippen LogP contribution is -2.24. The Kier molecular flexibility index (Phi) is 9.07. The Balaban J connectivity index is 1.23. The summed E-state index contributed by atoms with van der Waals surface area (Å²) < 4.78 is 69.5. The van der Waals surface area contributed by atoms with Crippen LogP contribution in [0.15, 0.2) is 47.6 Å². The Morgan fingerprint density at radius 3 is 2.40 bits per heavy atom.